The molecule has 0 saturated carbocycles. The summed E-state index contributed by atoms with van der Waals surface area (Å²) in [6, 6.07) is 5.33. The van der Waals surface area contributed by atoms with Gasteiger partial charge < -0.3 is 15.4 Å². The van der Waals surface area contributed by atoms with Crippen LogP contribution in [0.4, 0.5) is 10.5 Å². The molecular formula is C13H18N2O2. The molecule has 92 valence electrons. The summed E-state index contributed by atoms with van der Waals surface area (Å²) >= 11 is 0. The van der Waals surface area contributed by atoms with E-state index in [9.17, 15) is 4.79 Å². The molecule has 0 aliphatic heterocycles. The standard InChI is InChI=1S/C13H18N2O2/c1-9(2)8-14-13(16)15-11-7-10(3)5-6-12(11)17-4/h5-8H,1-4H3,(H2,14,15,16). The topological polar surface area (TPSA) is 50.4 Å². The minimum absolute atomic E-state index is 0.282. The first-order valence-corrected chi connectivity index (χ1v) is 5.38. The van der Waals surface area contributed by atoms with Gasteiger partial charge in [-0.2, -0.15) is 0 Å². The van der Waals surface area contributed by atoms with Gasteiger partial charge in [0.05, 0.1) is 12.8 Å². The van der Waals surface area contributed by atoms with Crippen molar-refractivity contribution >= 4 is 11.7 Å². The third-order valence-corrected chi connectivity index (χ3v) is 2.10. The van der Waals surface area contributed by atoms with Gasteiger partial charge in [-0.1, -0.05) is 11.6 Å². The summed E-state index contributed by atoms with van der Waals surface area (Å²) < 4.78 is 5.17. The highest BCUT2D eigenvalue weighted by Gasteiger charge is 2.06. The number of hydrogen-bond donors (Lipinski definition) is 2. The van der Waals surface area contributed by atoms with E-state index in [0.29, 0.717) is 11.4 Å². The SMILES string of the molecule is COc1ccc(C)cc1NC(=O)NC=C(C)C. The third-order valence-electron chi connectivity index (χ3n) is 2.10. The van der Waals surface area contributed by atoms with E-state index in [1.54, 1.807) is 13.3 Å². The number of nitrogens with one attached hydrogen (secondary N) is 2. The van der Waals surface area contributed by atoms with Gasteiger partial charge in [0.1, 0.15) is 5.75 Å². The molecule has 0 bridgehead atoms. The molecule has 4 heteroatoms. The van der Waals surface area contributed by atoms with Crippen LogP contribution in [0.3, 0.4) is 0 Å². The number of aryl methyl sites for hydroxylation is 1. The van der Waals surface area contributed by atoms with Crippen molar-refractivity contribution in [3.05, 3.63) is 35.5 Å². The molecule has 1 rings (SSSR count). The van der Waals surface area contributed by atoms with Crippen LogP contribution in [-0.2, 0) is 0 Å². The summed E-state index contributed by atoms with van der Waals surface area (Å²) in [5.41, 5.74) is 2.74. The molecule has 17 heavy (non-hydrogen) atoms. The maximum Gasteiger partial charge on any atom is 0.323 e. The summed E-state index contributed by atoms with van der Waals surface area (Å²) in [5.74, 6) is 0.642. The van der Waals surface area contributed by atoms with Gasteiger partial charge in [0, 0.05) is 6.20 Å². The smallest absolute Gasteiger partial charge is 0.323 e. The lowest BCUT2D eigenvalue weighted by molar-refractivity contribution is 0.255. The van der Waals surface area contributed by atoms with Crippen LogP contribution in [-0.4, -0.2) is 13.1 Å². The minimum Gasteiger partial charge on any atom is -0.495 e. The van der Waals surface area contributed by atoms with Crippen molar-refractivity contribution < 1.29 is 9.53 Å². The quantitative estimate of drug-likeness (QED) is 0.844. The Morgan fingerprint density at radius 3 is 2.65 bits per heavy atom. The van der Waals surface area contributed by atoms with Crippen molar-refractivity contribution in [2.24, 2.45) is 0 Å². The van der Waals surface area contributed by atoms with Gasteiger partial charge >= 0.3 is 6.03 Å². The molecule has 0 spiro atoms. The van der Waals surface area contributed by atoms with E-state index in [4.69, 9.17) is 4.74 Å². The zero-order chi connectivity index (χ0) is 12.8. The van der Waals surface area contributed by atoms with Crippen molar-refractivity contribution in [1.82, 2.24) is 5.32 Å². The first-order chi connectivity index (χ1) is 8.02. The van der Waals surface area contributed by atoms with Crippen LogP contribution in [0, 0.1) is 6.92 Å². The van der Waals surface area contributed by atoms with Crippen LogP contribution < -0.4 is 15.4 Å². The lowest BCUT2D eigenvalue weighted by Gasteiger charge is -2.10. The number of benzene rings is 1. The molecule has 0 saturated heterocycles. The van der Waals surface area contributed by atoms with E-state index in [1.807, 2.05) is 39.0 Å². The van der Waals surface area contributed by atoms with Crippen LogP contribution in [0.1, 0.15) is 19.4 Å². The third kappa shape index (κ3) is 4.18. The van der Waals surface area contributed by atoms with Crippen LogP contribution in [0.15, 0.2) is 30.0 Å². The molecule has 1 aromatic carbocycles. The Kier molecular flexibility index (Phi) is 4.57. The maximum atomic E-state index is 11.6. The molecule has 0 radical (unpaired) electrons. The second kappa shape index (κ2) is 5.94. The Balaban J connectivity index is 2.76. The summed E-state index contributed by atoms with van der Waals surface area (Å²) in [5, 5.41) is 5.37. The molecular weight excluding hydrogens is 216 g/mol. The summed E-state index contributed by atoms with van der Waals surface area (Å²) in [4.78, 5) is 11.6. The number of anilines is 1. The molecule has 0 fully saturated rings. The highest BCUT2D eigenvalue weighted by Crippen LogP contribution is 2.24. The van der Waals surface area contributed by atoms with Crippen LogP contribution in [0.2, 0.25) is 0 Å². The summed E-state index contributed by atoms with van der Waals surface area (Å²) in [7, 11) is 1.57. The number of amides is 2. The maximum absolute atomic E-state index is 11.6. The Morgan fingerprint density at radius 1 is 1.35 bits per heavy atom. The fourth-order valence-electron chi connectivity index (χ4n) is 1.29. The van der Waals surface area contributed by atoms with Crippen molar-refractivity contribution in [2.75, 3.05) is 12.4 Å². The molecule has 0 aromatic heterocycles. The fraction of sp³-hybridized carbons (Fsp3) is 0.308. The molecule has 4 nitrogen and oxygen atoms in total. The lowest BCUT2D eigenvalue weighted by Crippen LogP contribution is -2.24. The van der Waals surface area contributed by atoms with Crippen molar-refractivity contribution in [3.63, 3.8) is 0 Å². The second-order valence-electron chi connectivity index (χ2n) is 4.02. The van der Waals surface area contributed by atoms with Gasteiger partial charge in [-0.15, -0.1) is 0 Å². The highest BCUT2D eigenvalue weighted by molar-refractivity contribution is 5.91. The lowest BCUT2D eigenvalue weighted by atomic mass is 10.2. The van der Waals surface area contributed by atoms with Gasteiger partial charge in [-0.3, -0.25) is 0 Å². The Labute approximate surface area is 102 Å². The number of allylic oxidation sites excluding steroid dienone is 1. The zero-order valence-electron chi connectivity index (χ0n) is 10.6. The average Bonchev–Trinajstić information content (AvgIpc) is 2.27. The number of carbonyl (C=O) groups excluding carboxylic acids is 1. The number of ether oxygens (including phenoxy) is 1. The number of hydrogen-bond acceptors (Lipinski definition) is 2. The first-order valence-electron chi connectivity index (χ1n) is 5.38. The van der Waals surface area contributed by atoms with Gasteiger partial charge in [0.15, 0.2) is 0 Å². The normalized spacial score (nSPS) is 9.41. The van der Waals surface area contributed by atoms with Crippen LogP contribution >= 0.6 is 0 Å². The predicted molar refractivity (Wildman–Crippen MR) is 69.3 cm³/mol. The van der Waals surface area contributed by atoms with Gasteiger partial charge in [0.25, 0.3) is 0 Å². The monoisotopic (exact) mass is 234 g/mol. The van der Waals surface area contributed by atoms with Crippen molar-refractivity contribution in [2.45, 2.75) is 20.8 Å². The van der Waals surface area contributed by atoms with Gasteiger partial charge in [-0.05, 0) is 38.5 Å². The second-order valence-corrected chi connectivity index (χ2v) is 4.02. The zero-order valence-corrected chi connectivity index (χ0v) is 10.6. The first kappa shape index (κ1) is 13.1. The molecule has 0 aliphatic rings. The Bertz CT molecular complexity index is 435. The number of urea groups is 1. The molecule has 2 amide bonds. The van der Waals surface area contributed by atoms with Gasteiger partial charge in [-0.25, -0.2) is 4.79 Å². The van der Waals surface area contributed by atoms with E-state index in [2.05, 4.69) is 10.6 Å². The largest absolute Gasteiger partial charge is 0.495 e. The number of methoxy groups -OCH3 is 1. The van der Waals surface area contributed by atoms with Crippen LogP contribution in [0.5, 0.6) is 5.75 Å². The van der Waals surface area contributed by atoms with E-state index in [1.165, 1.54) is 0 Å². The highest BCUT2D eigenvalue weighted by atomic mass is 16.5. The molecule has 0 unspecified atom stereocenters. The van der Waals surface area contributed by atoms with E-state index < -0.39 is 0 Å². The van der Waals surface area contributed by atoms with Gasteiger partial charge in [0.2, 0.25) is 0 Å². The number of rotatable bonds is 3. The molecule has 2 N–H and O–H groups in total. The average molecular weight is 234 g/mol. The van der Waals surface area contributed by atoms with E-state index >= 15 is 0 Å². The fourth-order valence-corrected chi connectivity index (χ4v) is 1.29. The minimum atomic E-state index is -0.282. The molecule has 0 atom stereocenters. The summed E-state index contributed by atoms with van der Waals surface area (Å²) in [6.07, 6.45) is 1.65. The Hall–Kier alpha value is -1.97. The molecule has 0 aliphatic carbocycles. The van der Waals surface area contributed by atoms with E-state index in [0.717, 1.165) is 11.1 Å². The van der Waals surface area contributed by atoms with E-state index in [-0.39, 0.29) is 6.03 Å². The summed E-state index contributed by atoms with van der Waals surface area (Å²) in [6.45, 7) is 5.78. The van der Waals surface area contributed by atoms with Crippen LogP contribution in [0.25, 0.3) is 0 Å². The Morgan fingerprint density at radius 2 is 2.06 bits per heavy atom. The van der Waals surface area contributed by atoms with Crippen molar-refractivity contribution in [1.29, 1.82) is 0 Å². The number of carbonyl (C=O) groups is 1. The molecule has 0 heterocycles. The molecule has 1 aromatic rings. The predicted octanol–water partition coefficient (Wildman–Crippen LogP) is 3.05. The van der Waals surface area contributed by atoms with Crippen molar-refractivity contribution in [3.8, 4) is 5.75 Å².